The summed E-state index contributed by atoms with van der Waals surface area (Å²) in [5, 5.41) is 5.90. The van der Waals surface area contributed by atoms with Crippen molar-refractivity contribution < 1.29 is 9.53 Å². The number of esters is 1. The van der Waals surface area contributed by atoms with Crippen molar-refractivity contribution in [3.05, 3.63) is 45.8 Å². The van der Waals surface area contributed by atoms with Crippen LogP contribution in [0.4, 0.5) is 5.82 Å². The molecule has 0 spiro atoms. The molecule has 1 aliphatic carbocycles. The third-order valence-corrected chi connectivity index (χ3v) is 7.27. The molecular weight excluding hydrogens is 479 g/mol. The van der Waals surface area contributed by atoms with Crippen LogP contribution in [0.3, 0.4) is 0 Å². The van der Waals surface area contributed by atoms with E-state index < -0.39 is 0 Å². The molecule has 1 aromatic carbocycles. The minimum absolute atomic E-state index is 0.0368. The highest BCUT2D eigenvalue weighted by Crippen LogP contribution is 2.41. The number of carbonyl (C=O) groups is 1. The number of piperidine rings is 2. The molecule has 7 heteroatoms. The molecule has 2 aromatic heterocycles. The average Bonchev–Trinajstić information content (AvgIpc) is 3.11. The number of hydrogen-bond donors (Lipinski definition) is 0. The number of aromatic nitrogens is 3. The van der Waals surface area contributed by atoms with Crippen LogP contribution in [0.1, 0.15) is 24.8 Å². The highest BCUT2D eigenvalue weighted by atomic mass is 127. The first-order valence-electron chi connectivity index (χ1n) is 10.0. The zero-order valence-electron chi connectivity index (χ0n) is 16.5. The van der Waals surface area contributed by atoms with Gasteiger partial charge in [0.05, 0.1) is 30.4 Å². The fourth-order valence-electron chi connectivity index (χ4n) is 4.99. The Balaban J connectivity index is 1.43. The topological polar surface area (TPSA) is 60.2 Å². The number of pyridine rings is 1. The summed E-state index contributed by atoms with van der Waals surface area (Å²) in [5.41, 5.74) is 3.29. The van der Waals surface area contributed by atoms with Crippen LogP contribution in [0.5, 0.6) is 0 Å². The summed E-state index contributed by atoms with van der Waals surface area (Å²) < 4.78 is 7.99. The molecule has 1 saturated carbocycles. The lowest BCUT2D eigenvalue weighted by Crippen LogP contribution is -2.54. The molecule has 4 heterocycles. The number of methoxy groups -OCH3 is 1. The van der Waals surface area contributed by atoms with Gasteiger partial charge in [-0.05, 0) is 72.4 Å². The van der Waals surface area contributed by atoms with Gasteiger partial charge >= 0.3 is 5.97 Å². The molecule has 0 unspecified atom stereocenters. The lowest BCUT2D eigenvalue weighted by Gasteiger charge is -2.49. The van der Waals surface area contributed by atoms with Gasteiger partial charge in [0.1, 0.15) is 9.52 Å². The fourth-order valence-corrected chi connectivity index (χ4v) is 5.64. The number of aryl methyl sites for hydroxylation is 1. The number of para-hydroxylation sites is 1. The number of hydrogen-bond acceptors (Lipinski definition) is 5. The molecule has 2 saturated heterocycles. The normalized spacial score (nSPS) is 23.6. The molecule has 150 valence electrons. The van der Waals surface area contributed by atoms with E-state index in [0.717, 1.165) is 51.9 Å². The van der Waals surface area contributed by atoms with Gasteiger partial charge < -0.3 is 9.64 Å². The van der Waals surface area contributed by atoms with E-state index in [0.29, 0.717) is 12.0 Å². The Morgan fingerprint density at radius 3 is 2.79 bits per heavy atom. The van der Waals surface area contributed by atoms with E-state index >= 15 is 0 Å². The molecule has 2 bridgehead atoms. The number of nitrogens with zero attached hydrogens (tertiary/aromatic N) is 4. The van der Waals surface area contributed by atoms with Crippen LogP contribution in [-0.4, -0.2) is 40.4 Å². The number of anilines is 1. The number of carbonyl (C=O) groups excluding carboxylic acids is 1. The van der Waals surface area contributed by atoms with Crippen LogP contribution >= 0.6 is 22.6 Å². The summed E-state index contributed by atoms with van der Waals surface area (Å²) >= 11 is 2.29. The van der Waals surface area contributed by atoms with E-state index in [2.05, 4.69) is 64.7 Å². The van der Waals surface area contributed by atoms with Crippen molar-refractivity contribution in [1.82, 2.24) is 14.8 Å². The van der Waals surface area contributed by atoms with Gasteiger partial charge in [0.2, 0.25) is 0 Å². The maximum absolute atomic E-state index is 12.1. The monoisotopic (exact) mass is 502 g/mol. The molecule has 2 aliphatic heterocycles. The van der Waals surface area contributed by atoms with E-state index in [9.17, 15) is 4.79 Å². The lowest BCUT2D eigenvalue weighted by atomic mass is 9.72. The lowest BCUT2D eigenvalue weighted by molar-refractivity contribution is -0.149. The van der Waals surface area contributed by atoms with Gasteiger partial charge in [-0.2, -0.15) is 5.10 Å². The Morgan fingerprint density at radius 1 is 1.24 bits per heavy atom. The molecule has 3 aromatic rings. The summed E-state index contributed by atoms with van der Waals surface area (Å²) in [6.07, 6.45) is 4.98. The first kappa shape index (κ1) is 18.8. The number of halogens is 1. The molecule has 29 heavy (non-hydrogen) atoms. The standard InChI is InChI=1S/C22H23IN4O2/c1-13-4-3-5-17-20(13)27(25-21(17)23)16-8-9-19(24-11-16)26-12-14-6-7-15(26)10-18(14)22(28)29-2/h3-5,8-9,11,14-15,18H,6-7,10,12H2,1-2H3/t14-,15+,18-/m1/s1. The summed E-state index contributed by atoms with van der Waals surface area (Å²) in [4.78, 5) is 19.2. The Hall–Kier alpha value is -2.16. The average molecular weight is 502 g/mol. The van der Waals surface area contributed by atoms with Gasteiger partial charge in [-0.3, -0.25) is 4.79 Å². The van der Waals surface area contributed by atoms with Gasteiger partial charge in [-0.25, -0.2) is 9.67 Å². The SMILES string of the molecule is COC(=O)[C@@H]1C[C@@H]2CC[C@@H]1CN2c1ccc(-n2nc(I)c3cccc(C)c32)cn1. The van der Waals surface area contributed by atoms with E-state index in [1.54, 1.807) is 0 Å². The first-order valence-corrected chi connectivity index (χ1v) is 11.1. The highest BCUT2D eigenvalue weighted by molar-refractivity contribution is 14.1. The third-order valence-electron chi connectivity index (χ3n) is 6.47. The van der Waals surface area contributed by atoms with Gasteiger partial charge in [-0.15, -0.1) is 0 Å². The van der Waals surface area contributed by atoms with Gasteiger partial charge in [0, 0.05) is 18.0 Å². The van der Waals surface area contributed by atoms with Crippen molar-refractivity contribution in [3.8, 4) is 5.69 Å². The zero-order valence-corrected chi connectivity index (χ0v) is 18.7. The summed E-state index contributed by atoms with van der Waals surface area (Å²) in [6, 6.07) is 10.8. The van der Waals surface area contributed by atoms with Crippen LogP contribution in [0.15, 0.2) is 36.5 Å². The Labute approximate surface area is 183 Å². The molecule has 0 amide bonds. The van der Waals surface area contributed by atoms with Gasteiger partial charge in [-0.1, -0.05) is 18.2 Å². The van der Waals surface area contributed by atoms with Crippen LogP contribution in [0.2, 0.25) is 0 Å². The van der Waals surface area contributed by atoms with Crippen molar-refractivity contribution in [2.75, 3.05) is 18.6 Å². The minimum atomic E-state index is -0.0572. The summed E-state index contributed by atoms with van der Waals surface area (Å²) in [6.45, 7) is 2.99. The number of ether oxygens (including phenoxy) is 1. The second-order valence-electron chi connectivity index (χ2n) is 8.06. The molecule has 0 radical (unpaired) electrons. The quantitative estimate of drug-likeness (QED) is 0.399. The first-order chi connectivity index (χ1) is 14.1. The van der Waals surface area contributed by atoms with E-state index in [-0.39, 0.29) is 11.9 Å². The van der Waals surface area contributed by atoms with Crippen molar-refractivity contribution in [2.45, 2.75) is 32.2 Å². The van der Waals surface area contributed by atoms with E-state index in [1.165, 1.54) is 12.7 Å². The smallest absolute Gasteiger partial charge is 0.309 e. The Kier molecular flexibility index (Phi) is 4.72. The van der Waals surface area contributed by atoms with Crippen LogP contribution in [0, 0.1) is 22.5 Å². The number of rotatable bonds is 3. The van der Waals surface area contributed by atoms with E-state index in [1.807, 2.05) is 10.9 Å². The molecule has 3 atom stereocenters. The van der Waals surface area contributed by atoms with Crippen molar-refractivity contribution >= 4 is 45.3 Å². The summed E-state index contributed by atoms with van der Waals surface area (Å²) in [7, 11) is 1.49. The van der Waals surface area contributed by atoms with Crippen molar-refractivity contribution in [1.29, 1.82) is 0 Å². The second-order valence-corrected chi connectivity index (χ2v) is 9.08. The van der Waals surface area contributed by atoms with Crippen LogP contribution in [0.25, 0.3) is 16.6 Å². The largest absolute Gasteiger partial charge is 0.469 e. The molecule has 0 N–H and O–H groups in total. The van der Waals surface area contributed by atoms with Crippen LogP contribution in [-0.2, 0) is 9.53 Å². The maximum atomic E-state index is 12.1. The third kappa shape index (κ3) is 3.10. The zero-order chi connectivity index (χ0) is 20.1. The predicted molar refractivity (Wildman–Crippen MR) is 120 cm³/mol. The molecule has 3 fully saturated rings. The van der Waals surface area contributed by atoms with Gasteiger partial charge in [0.25, 0.3) is 0 Å². The summed E-state index contributed by atoms with van der Waals surface area (Å²) in [5.74, 6) is 1.32. The Bertz CT molecular complexity index is 1080. The minimum Gasteiger partial charge on any atom is -0.469 e. The fraction of sp³-hybridized carbons (Fsp3) is 0.409. The highest BCUT2D eigenvalue weighted by Gasteiger charge is 2.44. The number of benzene rings is 1. The molecule has 3 aliphatic rings. The Morgan fingerprint density at radius 2 is 2.10 bits per heavy atom. The molecule has 6 rings (SSSR count). The molecule has 6 nitrogen and oxygen atoms in total. The van der Waals surface area contributed by atoms with Crippen molar-refractivity contribution in [3.63, 3.8) is 0 Å². The van der Waals surface area contributed by atoms with Gasteiger partial charge in [0.15, 0.2) is 0 Å². The maximum Gasteiger partial charge on any atom is 0.309 e. The number of fused-ring (bicyclic) bond motifs is 4. The molecular formula is C22H23IN4O2. The van der Waals surface area contributed by atoms with Crippen molar-refractivity contribution in [2.24, 2.45) is 11.8 Å². The van der Waals surface area contributed by atoms with E-state index in [4.69, 9.17) is 14.8 Å². The second kappa shape index (κ2) is 7.27. The van der Waals surface area contributed by atoms with Crippen LogP contribution < -0.4 is 4.90 Å². The predicted octanol–water partition coefficient (Wildman–Crippen LogP) is 4.11.